The second kappa shape index (κ2) is 11.2. The first kappa shape index (κ1) is 27.9. The van der Waals surface area contributed by atoms with Gasteiger partial charge in [-0.05, 0) is 36.8 Å². The zero-order valence-corrected chi connectivity index (χ0v) is 23.7. The first-order valence-corrected chi connectivity index (χ1v) is 14.9. The van der Waals surface area contributed by atoms with E-state index in [2.05, 4.69) is 0 Å². The molecule has 2 aliphatic heterocycles. The van der Waals surface area contributed by atoms with Crippen LogP contribution in [0.15, 0.2) is 89.8 Å². The Bertz CT molecular complexity index is 1690. The zero-order chi connectivity index (χ0) is 29.3. The molecule has 0 fully saturated rings. The van der Waals surface area contributed by atoms with Gasteiger partial charge < -0.3 is 33.3 Å². The van der Waals surface area contributed by atoms with Crippen molar-refractivity contribution in [2.24, 2.45) is 0 Å². The molecule has 0 saturated carbocycles. The van der Waals surface area contributed by atoms with E-state index >= 15 is 0 Å². The number of aliphatic hydroxyl groups is 2. The highest BCUT2D eigenvalue weighted by molar-refractivity contribution is 7.87. The topological polar surface area (TPSA) is 121 Å². The van der Waals surface area contributed by atoms with Crippen LogP contribution in [0, 0.1) is 6.92 Å². The molecule has 42 heavy (non-hydrogen) atoms. The van der Waals surface area contributed by atoms with Crippen LogP contribution >= 0.6 is 0 Å². The molecule has 9 nitrogen and oxygen atoms in total. The van der Waals surface area contributed by atoms with E-state index in [9.17, 15) is 13.5 Å². The molecule has 6 rings (SSSR count). The fourth-order valence-corrected chi connectivity index (χ4v) is 5.99. The Balaban J connectivity index is 1.33. The second-order valence-electron chi connectivity index (χ2n) is 10.3. The van der Waals surface area contributed by atoms with Crippen molar-refractivity contribution in [2.75, 3.05) is 19.8 Å². The first-order chi connectivity index (χ1) is 20.3. The normalized spacial score (nSPS) is 18.6. The van der Waals surface area contributed by atoms with E-state index in [-0.39, 0.29) is 47.5 Å². The van der Waals surface area contributed by atoms with Crippen LogP contribution in [0.1, 0.15) is 34.8 Å². The van der Waals surface area contributed by atoms with Gasteiger partial charge in [0.15, 0.2) is 17.5 Å². The SMILES string of the molecule is Cc1ccc(S(=O)(=O)Oc2cc(OCCCO)cc3c2[C@]2(O)COc4cc(OCc5ccccc5)ccc4[C@@H]2O3)cc1. The number of aryl methyl sites for hydroxylation is 1. The van der Waals surface area contributed by atoms with Crippen molar-refractivity contribution >= 4 is 10.1 Å². The molecular formula is C32H30O9S. The fraction of sp³-hybridized carbons (Fsp3) is 0.250. The lowest BCUT2D eigenvalue weighted by molar-refractivity contribution is -0.0869. The van der Waals surface area contributed by atoms with Crippen LogP contribution in [-0.4, -0.2) is 38.5 Å². The van der Waals surface area contributed by atoms with Crippen molar-refractivity contribution < 1.29 is 41.8 Å². The van der Waals surface area contributed by atoms with E-state index in [1.54, 1.807) is 36.4 Å². The number of ether oxygens (including phenoxy) is 4. The van der Waals surface area contributed by atoms with Crippen LogP contribution in [0.4, 0.5) is 0 Å². The maximum Gasteiger partial charge on any atom is 0.339 e. The lowest BCUT2D eigenvalue weighted by atomic mass is 9.84. The van der Waals surface area contributed by atoms with Gasteiger partial charge in [-0.25, -0.2) is 0 Å². The number of benzene rings is 4. The van der Waals surface area contributed by atoms with E-state index in [1.807, 2.05) is 37.3 Å². The van der Waals surface area contributed by atoms with Crippen molar-refractivity contribution in [3.05, 3.63) is 107 Å². The molecule has 0 amide bonds. The van der Waals surface area contributed by atoms with Crippen LogP contribution in [0.25, 0.3) is 0 Å². The Morgan fingerprint density at radius 1 is 0.929 bits per heavy atom. The van der Waals surface area contributed by atoms with Crippen LogP contribution in [0.3, 0.4) is 0 Å². The van der Waals surface area contributed by atoms with Gasteiger partial charge in [0.2, 0.25) is 0 Å². The van der Waals surface area contributed by atoms with Gasteiger partial charge in [-0.15, -0.1) is 0 Å². The van der Waals surface area contributed by atoms with Gasteiger partial charge in [0.05, 0.1) is 12.2 Å². The fourth-order valence-electron chi connectivity index (χ4n) is 5.06. The molecule has 4 aromatic rings. The van der Waals surface area contributed by atoms with E-state index in [1.165, 1.54) is 18.2 Å². The van der Waals surface area contributed by atoms with Gasteiger partial charge in [-0.3, -0.25) is 0 Å². The molecule has 0 aromatic heterocycles. The van der Waals surface area contributed by atoms with E-state index in [0.29, 0.717) is 30.1 Å². The summed E-state index contributed by atoms with van der Waals surface area (Å²) in [5.74, 6) is 1.42. The Kier molecular flexibility index (Phi) is 7.44. The van der Waals surface area contributed by atoms with Gasteiger partial charge in [-0.1, -0.05) is 48.0 Å². The summed E-state index contributed by atoms with van der Waals surface area (Å²) < 4.78 is 56.2. The highest BCUT2D eigenvalue weighted by Gasteiger charge is 2.55. The highest BCUT2D eigenvalue weighted by Crippen LogP contribution is 2.58. The highest BCUT2D eigenvalue weighted by atomic mass is 32.2. The van der Waals surface area contributed by atoms with E-state index in [4.69, 9.17) is 28.2 Å². The predicted molar refractivity (Wildman–Crippen MR) is 153 cm³/mol. The van der Waals surface area contributed by atoms with Crippen molar-refractivity contribution in [3.8, 4) is 28.7 Å². The van der Waals surface area contributed by atoms with Crippen molar-refractivity contribution in [2.45, 2.75) is 36.6 Å². The van der Waals surface area contributed by atoms with Gasteiger partial charge in [-0.2, -0.15) is 8.42 Å². The molecule has 0 radical (unpaired) electrons. The van der Waals surface area contributed by atoms with Gasteiger partial charge >= 0.3 is 10.1 Å². The van der Waals surface area contributed by atoms with Crippen molar-refractivity contribution in [1.82, 2.24) is 0 Å². The molecule has 0 bridgehead atoms. The zero-order valence-electron chi connectivity index (χ0n) is 22.9. The number of fused-ring (bicyclic) bond motifs is 5. The third kappa shape index (κ3) is 5.36. The maximum absolute atomic E-state index is 13.3. The maximum atomic E-state index is 13.3. The van der Waals surface area contributed by atoms with Crippen LogP contribution in [0.5, 0.6) is 28.7 Å². The molecule has 0 spiro atoms. The predicted octanol–water partition coefficient (Wildman–Crippen LogP) is 4.82. The molecule has 2 aliphatic rings. The monoisotopic (exact) mass is 590 g/mol. The lowest BCUT2D eigenvalue weighted by Crippen LogP contribution is -2.41. The molecule has 2 N–H and O–H groups in total. The average molecular weight is 591 g/mol. The summed E-state index contributed by atoms with van der Waals surface area (Å²) in [6.45, 7) is 2.13. The van der Waals surface area contributed by atoms with Crippen LogP contribution in [0.2, 0.25) is 0 Å². The molecule has 10 heteroatoms. The van der Waals surface area contributed by atoms with Gasteiger partial charge in [0.1, 0.15) is 41.1 Å². The molecule has 0 saturated heterocycles. The second-order valence-corrected chi connectivity index (χ2v) is 11.8. The van der Waals surface area contributed by atoms with Gasteiger partial charge in [0, 0.05) is 36.8 Å². The third-order valence-corrected chi connectivity index (χ3v) is 8.44. The Morgan fingerprint density at radius 3 is 2.45 bits per heavy atom. The minimum absolute atomic E-state index is 0.0378. The van der Waals surface area contributed by atoms with Crippen LogP contribution in [-0.2, 0) is 22.3 Å². The van der Waals surface area contributed by atoms with Crippen molar-refractivity contribution in [1.29, 1.82) is 0 Å². The summed E-state index contributed by atoms with van der Waals surface area (Å²) in [6.07, 6.45) is -0.533. The number of hydrogen-bond acceptors (Lipinski definition) is 9. The molecule has 0 aliphatic carbocycles. The molecule has 2 heterocycles. The molecule has 218 valence electrons. The number of rotatable bonds is 10. The summed E-state index contributed by atoms with van der Waals surface area (Å²) >= 11 is 0. The molecule has 4 aromatic carbocycles. The Morgan fingerprint density at radius 2 is 1.69 bits per heavy atom. The molecular weight excluding hydrogens is 560 g/mol. The third-order valence-electron chi connectivity index (χ3n) is 7.19. The Hall–Kier alpha value is -4.25. The smallest absolute Gasteiger partial charge is 0.339 e. The average Bonchev–Trinajstić information content (AvgIpc) is 3.29. The summed E-state index contributed by atoms with van der Waals surface area (Å²) in [5, 5.41) is 21.2. The largest absolute Gasteiger partial charge is 0.493 e. The Labute approximate surface area is 244 Å². The number of aliphatic hydroxyl groups excluding tert-OH is 1. The van der Waals surface area contributed by atoms with Gasteiger partial charge in [0.25, 0.3) is 0 Å². The van der Waals surface area contributed by atoms with Crippen LogP contribution < -0.4 is 23.1 Å². The molecule has 0 unspecified atom stereocenters. The quantitative estimate of drug-likeness (QED) is 0.198. The molecule has 2 atom stereocenters. The standard InChI is InChI=1S/C32H30O9S/c1-21-8-11-25(12-9-21)42(35,36)41-29-18-24(37-15-5-14-33)17-28-30(29)32(34)20-39-27-16-23(10-13-26(27)31(32)40-28)38-19-22-6-3-2-4-7-22/h2-4,6-13,16-18,31,33-34H,5,14-15,19-20H2,1H3/t31-,32+/m0/s1. The van der Waals surface area contributed by atoms with E-state index < -0.39 is 21.8 Å². The minimum Gasteiger partial charge on any atom is -0.493 e. The summed E-state index contributed by atoms with van der Waals surface area (Å²) in [5.41, 5.74) is 0.877. The number of hydrogen-bond donors (Lipinski definition) is 2. The summed E-state index contributed by atoms with van der Waals surface area (Å²) in [4.78, 5) is -0.0378. The van der Waals surface area contributed by atoms with E-state index in [0.717, 1.165) is 11.1 Å². The summed E-state index contributed by atoms with van der Waals surface area (Å²) in [7, 11) is -4.27. The van der Waals surface area contributed by atoms with Crippen molar-refractivity contribution in [3.63, 3.8) is 0 Å². The summed E-state index contributed by atoms with van der Waals surface area (Å²) in [6, 6.07) is 24.3. The lowest BCUT2D eigenvalue weighted by Gasteiger charge is -2.35. The minimum atomic E-state index is -4.27. The first-order valence-electron chi connectivity index (χ1n) is 13.5.